The molecule has 2 aromatic rings. The fourth-order valence-electron chi connectivity index (χ4n) is 4.69. The van der Waals surface area contributed by atoms with Gasteiger partial charge in [0.05, 0.1) is 5.60 Å². The molecule has 0 aliphatic heterocycles. The zero-order valence-electron chi connectivity index (χ0n) is 12.8. The Morgan fingerprint density at radius 2 is 1.55 bits per heavy atom. The third-order valence-electron chi connectivity index (χ3n) is 5.79. The Hall–Kier alpha value is -1.86. The number of ether oxygens (including phenoxy) is 1. The van der Waals surface area contributed by atoms with Gasteiger partial charge in [-0.2, -0.15) is 0 Å². The maximum absolute atomic E-state index is 6.80. The van der Waals surface area contributed by atoms with Crippen LogP contribution in [0.2, 0.25) is 0 Å². The van der Waals surface area contributed by atoms with Crippen molar-refractivity contribution in [1.29, 1.82) is 0 Å². The van der Waals surface area contributed by atoms with Crippen LogP contribution in [0.15, 0.2) is 60.7 Å². The maximum Gasteiger partial charge on any atom is 0.110 e. The summed E-state index contributed by atoms with van der Waals surface area (Å²) in [5, 5.41) is 0. The number of fused-ring (bicyclic) bond motifs is 5. The van der Waals surface area contributed by atoms with Gasteiger partial charge in [-0.1, -0.05) is 60.7 Å². The smallest absolute Gasteiger partial charge is 0.110 e. The van der Waals surface area contributed by atoms with Crippen LogP contribution in [0.1, 0.15) is 37.0 Å². The molecule has 0 heterocycles. The molecular formula is C21H20O. The highest BCUT2D eigenvalue weighted by Crippen LogP contribution is 2.53. The Balaban J connectivity index is 1.59. The van der Waals surface area contributed by atoms with E-state index in [1.165, 1.54) is 28.7 Å². The Labute approximate surface area is 131 Å². The minimum Gasteiger partial charge on any atom is -0.362 e. The first-order valence-electron chi connectivity index (χ1n) is 8.29. The highest BCUT2D eigenvalue weighted by atomic mass is 16.5. The van der Waals surface area contributed by atoms with Gasteiger partial charge in [0.25, 0.3) is 0 Å². The molecule has 1 nitrogen and oxygen atoms in total. The van der Waals surface area contributed by atoms with E-state index in [4.69, 9.17) is 4.74 Å². The van der Waals surface area contributed by atoms with Crippen LogP contribution in [-0.2, 0) is 4.74 Å². The summed E-state index contributed by atoms with van der Waals surface area (Å²) in [6, 6.07) is 17.4. The number of hydrogen-bond donors (Lipinski definition) is 0. The zero-order chi connectivity index (χ0) is 14.7. The van der Waals surface area contributed by atoms with Crippen molar-refractivity contribution in [1.82, 2.24) is 0 Å². The van der Waals surface area contributed by atoms with Crippen LogP contribution in [0.5, 0.6) is 0 Å². The predicted molar refractivity (Wildman–Crippen MR) is 88.6 cm³/mol. The van der Waals surface area contributed by atoms with Gasteiger partial charge in [-0.05, 0) is 47.9 Å². The highest BCUT2D eigenvalue weighted by molar-refractivity contribution is 5.78. The van der Waals surface area contributed by atoms with Gasteiger partial charge in [0, 0.05) is 5.92 Å². The monoisotopic (exact) mass is 288 g/mol. The maximum atomic E-state index is 6.80. The lowest BCUT2D eigenvalue weighted by Gasteiger charge is -2.35. The average Bonchev–Trinajstić information content (AvgIpc) is 3.21. The molecule has 1 saturated carbocycles. The number of rotatable bonds is 2. The first-order valence-corrected chi connectivity index (χ1v) is 8.29. The van der Waals surface area contributed by atoms with Crippen molar-refractivity contribution >= 4 is 0 Å². The molecule has 0 N–H and O–H groups in total. The van der Waals surface area contributed by atoms with Crippen LogP contribution in [0, 0.1) is 11.8 Å². The van der Waals surface area contributed by atoms with Gasteiger partial charge in [-0.25, -0.2) is 0 Å². The summed E-state index contributed by atoms with van der Waals surface area (Å²) < 4.78 is 6.80. The molecule has 3 aliphatic rings. The quantitative estimate of drug-likeness (QED) is 0.696. The molecule has 0 spiro atoms. The molecule has 3 unspecified atom stereocenters. The molecule has 0 aromatic heterocycles. The Kier molecular flexibility index (Phi) is 2.49. The van der Waals surface area contributed by atoms with Gasteiger partial charge in [0.15, 0.2) is 0 Å². The SMILES string of the molecule is CC1(OC2c3ccccc3-c3ccccc32)CC2C=CC1C2. The van der Waals surface area contributed by atoms with E-state index < -0.39 is 0 Å². The molecule has 2 aromatic carbocycles. The number of benzene rings is 2. The number of allylic oxidation sites excluding steroid dienone is 1. The molecule has 0 amide bonds. The van der Waals surface area contributed by atoms with Crippen molar-refractivity contribution in [2.24, 2.45) is 11.8 Å². The summed E-state index contributed by atoms with van der Waals surface area (Å²) in [5.41, 5.74) is 5.32. The Morgan fingerprint density at radius 1 is 0.909 bits per heavy atom. The van der Waals surface area contributed by atoms with Crippen LogP contribution < -0.4 is 0 Å². The summed E-state index contributed by atoms with van der Waals surface area (Å²) in [6.07, 6.45) is 7.28. The van der Waals surface area contributed by atoms with Crippen LogP contribution in [0.3, 0.4) is 0 Å². The normalized spacial score (nSPS) is 31.5. The lowest BCUT2D eigenvalue weighted by atomic mass is 9.89. The van der Waals surface area contributed by atoms with Gasteiger partial charge in [-0.15, -0.1) is 0 Å². The van der Waals surface area contributed by atoms with E-state index in [0.717, 1.165) is 12.3 Å². The fraction of sp³-hybridized carbons (Fsp3) is 0.333. The summed E-state index contributed by atoms with van der Waals surface area (Å²) >= 11 is 0. The van der Waals surface area contributed by atoms with Gasteiger partial charge in [0.2, 0.25) is 0 Å². The summed E-state index contributed by atoms with van der Waals surface area (Å²) in [5.74, 6) is 1.30. The summed E-state index contributed by atoms with van der Waals surface area (Å²) in [6.45, 7) is 2.31. The molecule has 22 heavy (non-hydrogen) atoms. The predicted octanol–water partition coefficient (Wildman–Crippen LogP) is 5.13. The first-order chi connectivity index (χ1) is 10.7. The number of hydrogen-bond acceptors (Lipinski definition) is 1. The third kappa shape index (κ3) is 1.63. The summed E-state index contributed by atoms with van der Waals surface area (Å²) in [4.78, 5) is 0. The van der Waals surface area contributed by atoms with E-state index in [1.54, 1.807) is 0 Å². The van der Waals surface area contributed by atoms with Crippen molar-refractivity contribution < 1.29 is 4.74 Å². The van der Waals surface area contributed by atoms with Crippen LogP contribution in [0.25, 0.3) is 11.1 Å². The minimum absolute atomic E-state index is 0.0192. The fourth-order valence-corrected chi connectivity index (χ4v) is 4.69. The zero-order valence-corrected chi connectivity index (χ0v) is 12.8. The molecule has 1 heteroatoms. The molecule has 1 fully saturated rings. The second-order valence-electron chi connectivity index (χ2n) is 7.18. The van der Waals surface area contributed by atoms with E-state index >= 15 is 0 Å². The molecule has 110 valence electrons. The molecule has 0 radical (unpaired) electrons. The van der Waals surface area contributed by atoms with E-state index in [-0.39, 0.29) is 11.7 Å². The average molecular weight is 288 g/mol. The Bertz CT molecular complexity index is 729. The van der Waals surface area contributed by atoms with E-state index in [9.17, 15) is 0 Å². The van der Waals surface area contributed by atoms with E-state index in [2.05, 4.69) is 67.6 Å². The van der Waals surface area contributed by atoms with Gasteiger partial charge in [-0.3, -0.25) is 0 Å². The second-order valence-corrected chi connectivity index (χ2v) is 7.18. The summed E-state index contributed by atoms with van der Waals surface area (Å²) in [7, 11) is 0. The van der Waals surface area contributed by atoms with E-state index in [1.807, 2.05) is 0 Å². The molecule has 5 rings (SSSR count). The van der Waals surface area contributed by atoms with Crippen molar-refractivity contribution in [2.45, 2.75) is 31.5 Å². The van der Waals surface area contributed by atoms with Crippen molar-refractivity contribution in [3.63, 3.8) is 0 Å². The topological polar surface area (TPSA) is 9.23 Å². The molecule has 2 bridgehead atoms. The van der Waals surface area contributed by atoms with Crippen molar-refractivity contribution in [2.75, 3.05) is 0 Å². The van der Waals surface area contributed by atoms with E-state index in [0.29, 0.717) is 5.92 Å². The molecule has 3 atom stereocenters. The Morgan fingerprint density at radius 3 is 2.09 bits per heavy atom. The highest BCUT2D eigenvalue weighted by Gasteiger charge is 2.48. The molecular weight excluding hydrogens is 268 g/mol. The van der Waals surface area contributed by atoms with Crippen molar-refractivity contribution in [3.05, 3.63) is 71.8 Å². The largest absolute Gasteiger partial charge is 0.362 e. The van der Waals surface area contributed by atoms with Gasteiger partial charge in [0.1, 0.15) is 6.10 Å². The first kappa shape index (κ1) is 12.7. The lowest BCUT2D eigenvalue weighted by Crippen LogP contribution is -2.34. The molecule has 0 saturated heterocycles. The van der Waals surface area contributed by atoms with Crippen LogP contribution in [-0.4, -0.2) is 5.60 Å². The van der Waals surface area contributed by atoms with Crippen molar-refractivity contribution in [3.8, 4) is 11.1 Å². The van der Waals surface area contributed by atoms with Crippen LogP contribution >= 0.6 is 0 Å². The van der Waals surface area contributed by atoms with Crippen LogP contribution in [0.4, 0.5) is 0 Å². The third-order valence-corrected chi connectivity index (χ3v) is 5.79. The molecule has 3 aliphatic carbocycles. The lowest BCUT2D eigenvalue weighted by molar-refractivity contribution is -0.0828. The van der Waals surface area contributed by atoms with Gasteiger partial charge >= 0.3 is 0 Å². The second kappa shape index (κ2) is 4.33. The minimum atomic E-state index is -0.0192. The van der Waals surface area contributed by atoms with Gasteiger partial charge < -0.3 is 4.74 Å². The standard InChI is InChI=1S/C21H20O/c1-21(13-14-10-11-15(21)12-14)22-20-18-8-4-2-6-16(18)17-7-3-5-9-19(17)20/h2-11,14-15,20H,12-13H2,1H3.